The highest BCUT2D eigenvalue weighted by Crippen LogP contribution is 2.39. The molecular formula is C21H31NO2. The van der Waals surface area contributed by atoms with Gasteiger partial charge in [0.05, 0.1) is 6.61 Å². The van der Waals surface area contributed by atoms with Crippen LogP contribution < -0.4 is 0 Å². The maximum atomic E-state index is 12.9. The normalized spacial score (nSPS) is 30.5. The molecule has 0 aliphatic carbocycles. The first-order chi connectivity index (χ1) is 11.7. The number of carbonyl (C=O) groups excluding carboxylic acids is 1. The molecule has 3 rings (SSSR count). The van der Waals surface area contributed by atoms with Crippen LogP contribution in [0.1, 0.15) is 51.5 Å². The molecule has 0 unspecified atom stereocenters. The van der Waals surface area contributed by atoms with E-state index in [1.807, 2.05) is 18.2 Å². The van der Waals surface area contributed by atoms with Crippen molar-refractivity contribution in [2.45, 2.75) is 64.6 Å². The molecule has 0 radical (unpaired) electrons. The van der Waals surface area contributed by atoms with E-state index in [9.17, 15) is 4.79 Å². The Balaban J connectivity index is 1.55. The molecule has 0 bridgehead atoms. The van der Waals surface area contributed by atoms with Crippen molar-refractivity contribution in [3.8, 4) is 0 Å². The summed E-state index contributed by atoms with van der Waals surface area (Å²) in [5.74, 6) is 0.929. The van der Waals surface area contributed by atoms with Gasteiger partial charge < -0.3 is 4.74 Å². The van der Waals surface area contributed by atoms with E-state index in [-0.39, 0.29) is 11.8 Å². The number of ether oxygens (including phenoxy) is 1. The van der Waals surface area contributed by atoms with E-state index in [2.05, 4.69) is 30.9 Å². The van der Waals surface area contributed by atoms with Crippen LogP contribution in [0.3, 0.4) is 0 Å². The first kappa shape index (κ1) is 17.6. The van der Waals surface area contributed by atoms with Crippen LogP contribution in [0.4, 0.5) is 0 Å². The second-order valence-electron chi connectivity index (χ2n) is 7.43. The van der Waals surface area contributed by atoms with E-state index in [1.54, 1.807) is 0 Å². The van der Waals surface area contributed by atoms with Gasteiger partial charge in [0.2, 0.25) is 0 Å². The van der Waals surface area contributed by atoms with E-state index in [4.69, 9.17) is 4.74 Å². The number of carbonyl (C=O) groups is 1. The summed E-state index contributed by atoms with van der Waals surface area (Å²) in [4.78, 5) is 15.5. The molecule has 1 aromatic rings. The number of ketones is 1. The molecule has 2 saturated heterocycles. The van der Waals surface area contributed by atoms with Gasteiger partial charge in [0, 0.05) is 30.5 Å². The molecule has 3 heteroatoms. The van der Waals surface area contributed by atoms with Crippen molar-refractivity contribution in [1.29, 1.82) is 0 Å². The van der Waals surface area contributed by atoms with Crippen LogP contribution in [0.15, 0.2) is 30.3 Å². The van der Waals surface area contributed by atoms with Crippen molar-refractivity contribution < 1.29 is 9.53 Å². The summed E-state index contributed by atoms with van der Waals surface area (Å²) in [6.07, 6.45) is 5.58. The number of Topliss-reactive ketones (excluding diaryl/α,β-unsaturated/α-hetero) is 1. The van der Waals surface area contributed by atoms with Crippen molar-refractivity contribution in [2.75, 3.05) is 13.2 Å². The molecule has 0 amide bonds. The van der Waals surface area contributed by atoms with Crippen LogP contribution in [0, 0.1) is 11.8 Å². The number of piperidine rings is 1. The minimum atomic E-state index is 0.149. The molecule has 2 aliphatic heterocycles. The van der Waals surface area contributed by atoms with Gasteiger partial charge >= 0.3 is 0 Å². The minimum absolute atomic E-state index is 0.149. The minimum Gasteiger partial charge on any atom is -0.377 e. The summed E-state index contributed by atoms with van der Waals surface area (Å²) in [5.41, 5.74) is 1.22. The van der Waals surface area contributed by atoms with E-state index in [0.29, 0.717) is 24.5 Å². The average molecular weight is 329 g/mol. The summed E-state index contributed by atoms with van der Waals surface area (Å²) in [6, 6.07) is 11.2. The number of benzene rings is 1. The Kier molecular flexibility index (Phi) is 6.07. The largest absolute Gasteiger partial charge is 0.377 e. The fraction of sp³-hybridized carbons (Fsp3) is 0.667. The van der Waals surface area contributed by atoms with Crippen molar-refractivity contribution in [2.24, 2.45) is 11.8 Å². The molecule has 0 N–H and O–H groups in total. The lowest BCUT2D eigenvalue weighted by atomic mass is 9.75. The zero-order valence-corrected chi connectivity index (χ0v) is 15.1. The predicted octanol–water partition coefficient (Wildman–Crippen LogP) is 4.06. The van der Waals surface area contributed by atoms with Crippen molar-refractivity contribution in [3.63, 3.8) is 0 Å². The van der Waals surface area contributed by atoms with E-state index < -0.39 is 0 Å². The Bertz CT molecular complexity index is 530. The maximum Gasteiger partial charge on any atom is 0.141 e. The average Bonchev–Trinajstić information content (AvgIpc) is 3.08. The smallest absolute Gasteiger partial charge is 0.141 e. The molecular weight excluding hydrogens is 298 g/mol. The highest BCUT2D eigenvalue weighted by molar-refractivity contribution is 5.85. The highest BCUT2D eigenvalue weighted by atomic mass is 16.5. The summed E-state index contributed by atoms with van der Waals surface area (Å²) in [6.45, 7) is 6.89. The Hall–Kier alpha value is -1.19. The third-order valence-electron chi connectivity index (χ3n) is 5.89. The molecule has 1 aromatic carbocycles. The summed E-state index contributed by atoms with van der Waals surface area (Å²) < 4.78 is 5.89. The Morgan fingerprint density at radius 1 is 1.21 bits per heavy atom. The summed E-state index contributed by atoms with van der Waals surface area (Å²) in [5, 5.41) is 0. The fourth-order valence-electron chi connectivity index (χ4n) is 4.69. The van der Waals surface area contributed by atoms with Crippen LogP contribution in [-0.2, 0) is 16.1 Å². The lowest BCUT2D eigenvalue weighted by Gasteiger charge is -2.45. The number of fused-ring (bicyclic) bond motifs is 1. The fourth-order valence-corrected chi connectivity index (χ4v) is 4.69. The van der Waals surface area contributed by atoms with Gasteiger partial charge in [-0.3, -0.25) is 9.69 Å². The molecule has 132 valence electrons. The molecule has 2 fully saturated rings. The summed E-state index contributed by atoms with van der Waals surface area (Å²) >= 11 is 0. The maximum absolute atomic E-state index is 12.9. The van der Waals surface area contributed by atoms with Gasteiger partial charge in [-0.1, -0.05) is 50.6 Å². The zero-order chi connectivity index (χ0) is 16.9. The third kappa shape index (κ3) is 3.73. The van der Waals surface area contributed by atoms with Crippen molar-refractivity contribution >= 4 is 5.78 Å². The zero-order valence-electron chi connectivity index (χ0n) is 15.1. The van der Waals surface area contributed by atoms with Crippen LogP contribution in [-0.4, -0.2) is 35.9 Å². The molecule has 3 nitrogen and oxygen atoms in total. The van der Waals surface area contributed by atoms with Gasteiger partial charge in [0.25, 0.3) is 0 Å². The lowest BCUT2D eigenvalue weighted by molar-refractivity contribution is -0.137. The van der Waals surface area contributed by atoms with Gasteiger partial charge in [-0.05, 0) is 37.8 Å². The molecule has 2 aliphatic rings. The quantitative estimate of drug-likeness (QED) is 0.707. The summed E-state index contributed by atoms with van der Waals surface area (Å²) in [7, 11) is 0. The third-order valence-corrected chi connectivity index (χ3v) is 5.89. The van der Waals surface area contributed by atoms with Crippen LogP contribution in [0.25, 0.3) is 0 Å². The molecule has 0 aromatic heterocycles. The van der Waals surface area contributed by atoms with Gasteiger partial charge in [-0.25, -0.2) is 0 Å². The predicted molar refractivity (Wildman–Crippen MR) is 96.8 cm³/mol. The van der Waals surface area contributed by atoms with Crippen LogP contribution in [0.2, 0.25) is 0 Å². The first-order valence-electron chi connectivity index (χ1n) is 9.63. The first-order valence-corrected chi connectivity index (χ1v) is 9.63. The van der Waals surface area contributed by atoms with Gasteiger partial charge in [0.1, 0.15) is 5.78 Å². The topological polar surface area (TPSA) is 29.5 Å². The number of rotatable bonds is 7. The Morgan fingerprint density at radius 3 is 2.75 bits per heavy atom. The second-order valence-corrected chi connectivity index (χ2v) is 7.43. The molecule has 0 saturated carbocycles. The van der Waals surface area contributed by atoms with E-state index >= 15 is 0 Å². The Labute approximate surface area is 146 Å². The second kappa shape index (κ2) is 8.26. The van der Waals surface area contributed by atoms with E-state index in [0.717, 1.165) is 32.4 Å². The molecule has 4 atom stereocenters. The van der Waals surface area contributed by atoms with Crippen molar-refractivity contribution in [3.05, 3.63) is 35.9 Å². The Morgan fingerprint density at radius 2 is 2.00 bits per heavy atom. The standard InChI is InChI=1S/C21H31NO2/c1-3-8-18-20-11-7-13-22(20)19(16(2)21(18)23)12-14-24-15-17-9-5-4-6-10-17/h4-6,9-10,16,18-20H,3,7-8,11-15H2,1-2H3/t16-,18-,19+,20-/m0/s1. The SMILES string of the molecule is CCC[C@@H]1C(=O)[C@@H](C)[C@@H](CCOCc2ccccc2)N2CCC[C@@H]12. The van der Waals surface area contributed by atoms with Gasteiger partial charge in [-0.2, -0.15) is 0 Å². The number of nitrogens with zero attached hydrogens (tertiary/aromatic N) is 1. The molecule has 24 heavy (non-hydrogen) atoms. The van der Waals surface area contributed by atoms with E-state index in [1.165, 1.54) is 18.4 Å². The monoisotopic (exact) mass is 329 g/mol. The van der Waals surface area contributed by atoms with Crippen LogP contribution >= 0.6 is 0 Å². The van der Waals surface area contributed by atoms with Gasteiger partial charge in [0.15, 0.2) is 0 Å². The highest BCUT2D eigenvalue weighted by Gasteiger charge is 2.47. The van der Waals surface area contributed by atoms with Gasteiger partial charge in [-0.15, -0.1) is 0 Å². The van der Waals surface area contributed by atoms with Crippen molar-refractivity contribution in [1.82, 2.24) is 4.90 Å². The number of hydrogen-bond donors (Lipinski definition) is 0. The van der Waals surface area contributed by atoms with Crippen LogP contribution in [0.5, 0.6) is 0 Å². The molecule has 0 spiro atoms. The lowest BCUT2D eigenvalue weighted by Crippen LogP contribution is -2.56. The number of hydrogen-bond acceptors (Lipinski definition) is 3. The molecule has 2 heterocycles.